The Labute approximate surface area is 87.8 Å². The van der Waals surface area contributed by atoms with E-state index < -0.39 is 0 Å². The van der Waals surface area contributed by atoms with Crippen LogP contribution in [0.1, 0.15) is 40.0 Å². The van der Waals surface area contributed by atoms with Gasteiger partial charge < -0.3 is 5.32 Å². The minimum atomic E-state index is 0.729. The standard InChI is InChI=1S/C12H22N2/c1-5-8-12(7-3)14-10-13-9-11(4)6-2/h8,10H,4-7,9H2,1-3H3,(H,13,14)/b12-8+. The van der Waals surface area contributed by atoms with E-state index in [-0.39, 0.29) is 0 Å². The summed E-state index contributed by atoms with van der Waals surface area (Å²) in [6, 6.07) is 0. The largest absolute Gasteiger partial charge is 0.351 e. The molecule has 2 nitrogen and oxygen atoms in total. The van der Waals surface area contributed by atoms with Gasteiger partial charge in [-0.1, -0.05) is 39.0 Å². The number of rotatable bonds is 7. The van der Waals surface area contributed by atoms with Crippen molar-refractivity contribution in [2.75, 3.05) is 6.54 Å². The van der Waals surface area contributed by atoms with Crippen molar-refractivity contribution in [2.45, 2.75) is 40.0 Å². The fourth-order valence-electron chi connectivity index (χ4n) is 0.967. The van der Waals surface area contributed by atoms with Crippen LogP contribution in [0.3, 0.4) is 0 Å². The molecule has 0 aromatic carbocycles. The van der Waals surface area contributed by atoms with E-state index in [0.29, 0.717) is 0 Å². The van der Waals surface area contributed by atoms with Crippen LogP contribution in [0.4, 0.5) is 0 Å². The number of nitrogens with one attached hydrogen (secondary N) is 1. The second kappa shape index (κ2) is 8.54. The van der Waals surface area contributed by atoms with Crippen LogP contribution in [0.5, 0.6) is 0 Å². The summed E-state index contributed by atoms with van der Waals surface area (Å²) >= 11 is 0. The Morgan fingerprint density at radius 1 is 1.29 bits per heavy atom. The fraction of sp³-hybridized carbons (Fsp3) is 0.583. The van der Waals surface area contributed by atoms with Crippen molar-refractivity contribution < 1.29 is 0 Å². The summed E-state index contributed by atoms with van der Waals surface area (Å²) < 4.78 is 0. The Balaban J connectivity index is 3.79. The van der Waals surface area contributed by atoms with Crippen LogP contribution >= 0.6 is 0 Å². The lowest BCUT2D eigenvalue weighted by atomic mass is 10.2. The lowest BCUT2D eigenvalue weighted by molar-refractivity contribution is 0.951. The molecule has 1 N–H and O–H groups in total. The Bertz CT molecular complexity index is 214. The second-order valence-corrected chi connectivity index (χ2v) is 3.21. The van der Waals surface area contributed by atoms with Gasteiger partial charge >= 0.3 is 0 Å². The van der Waals surface area contributed by atoms with Crippen LogP contribution < -0.4 is 5.32 Å². The SMILES string of the molecule is C=C(CC)CN=CN/C(=C/CC)CC. The van der Waals surface area contributed by atoms with E-state index in [9.17, 15) is 0 Å². The van der Waals surface area contributed by atoms with E-state index in [1.165, 1.54) is 11.3 Å². The molecule has 0 saturated carbocycles. The van der Waals surface area contributed by atoms with E-state index >= 15 is 0 Å². The van der Waals surface area contributed by atoms with Crippen molar-refractivity contribution in [3.63, 3.8) is 0 Å². The minimum Gasteiger partial charge on any atom is -0.351 e. The molecule has 14 heavy (non-hydrogen) atoms. The predicted molar refractivity (Wildman–Crippen MR) is 64.6 cm³/mol. The zero-order valence-corrected chi connectivity index (χ0v) is 9.64. The highest BCUT2D eigenvalue weighted by Crippen LogP contribution is 1.97. The Hall–Kier alpha value is -1.05. The maximum Gasteiger partial charge on any atom is 0.0869 e. The summed E-state index contributed by atoms with van der Waals surface area (Å²) in [7, 11) is 0. The third-order valence-corrected chi connectivity index (χ3v) is 1.99. The minimum absolute atomic E-state index is 0.729. The molecule has 0 spiro atoms. The first kappa shape index (κ1) is 12.9. The number of allylic oxidation sites excluding steroid dienone is 2. The van der Waals surface area contributed by atoms with Gasteiger partial charge in [0, 0.05) is 5.70 Å². The molecule has 0 bridgehead atoms. The third kappa shape index (κ3) is 6.46. The van der Waals surface area contributed by atoms with Gasteiger partial charge in [-0.15, -0.1) is 0 Å². The quantitative estimate of drug-likeness (QED) is 0.375. The number of aliphatic imine (C=N–C) groups is 1. The van der Waals surface area contributed by atoms with Gasteiger partial charge in [0.2, 0.25) is 0 Å². The molecule has 0 fully saturated rings. The first-order valence-electron chi connectivity index (χ1n) is 5.35. The molecule has 0 aliphatic carbocycles. The summed E-state index contributed by atoms with van der Waals surface area (Å²) in [6.45, 7) is 11.0. The third-order valence-electron chi connectivity index (χ3n) is 1.99. The van der Waals surface area contributed by atoms with Gasteiger partial charge in [-0.2, -0.15) is 0 Å². The first-order valence-corrected chi connectivity index (χ1v) is 5.35. The van der Waals surface area contributed by atoms with E-state index in [4.69, 9.17) is 0 Å². The van der Waals surface area contributed by atoms with Crippen LogP contribution in [0, 0.1) is 0 Å². The monoisotopic (exact) mass is 194 g/mol. The Kier molecular flexibility index (Phi) is 7.90. The molecule has 0 saturated heterocycles. The van der Waals surface area contributed by atoms with Gasteiger partial charge in [0.1, 0.15) is 0 Å². The second-order valence-electron chi connectivity index (χ2n) is 3.21. The van der Waals surface area contributed by atoms with E-state index in [0.717, 1.165) is 25.8 Å². The van der Waals surface area contributed by atoms with E-state index in [1.807, 2.05) is 0 Å². The molecule has 0 aliphatic heterocycles. The first-order chi connectivity index (χ1) is 6.74. The van der Waals surface area contributed by atoms with Gasteiger partial charge in [0.15, 0.2) is 0 Å². The average molecular weight is 194 g/mol. The molecule has 0 heterocycles. The molecule has 0 aromatic rings. The van der Waals surface area contributed by atoms with Gasteiger partial charge in [-0.05, 0) is 19.3 Å². The maximum absolute atomic E-state index is 4.24. The normalized spacial score (nSPS) is 12.1. The number of nitrogens with zero attached hydrogens (tertiary/aromatic N) is 1. The van der Waals surface area contributed by atoms with Crippen molar-refractivity contribution in [1.29, 1.82) is 0 Å². The van der Waals surface area contributed by atoms with E-state index in [2.05, 4.69) is 43.7 Å². The topological polar surface area (TPSA) is 24.4 Å². The molecule has 0 aromatic heterocycles. The van der Waals surface area contributed by atoms with Gasteiger partial charge in [0.05, 0.1) is 12.9 Å². The zero-order valence-electron chi connectivity index (χ0n) is 9.64. The van der Waals surface area contributed by atoms with Crippen LogP contribution in [0.25, 0.3) is 0 Å². The fourth-order valence-corrected chi connectivity index (χ4v) is 0.967. The van der Waals surface area contributed by atoms with Crippen molar-refractivity contribution >= 4 is 6.34 Å². The lowest BCUT2D eigenvalue weighted by Crippen LogP contribution is -2.10. The van der Waals surface area contributed by atoms with Gasteiger partial charge in [0.25, 0.3) is 0 Å². The summed E-state index contributed by atoms with van der Waals surface area (Å²) in [5, 5.41) is 3.18. The summed E-state index contributed by atoms with van der Waals surface area (Å²) in [5.74, 6) is 0. The number of hydrogen-bond donors (Lipinski definition) is 1. The molecule has 0 aliphatic rings. The van der Waals surface area contributed by atoms with Crippen LogP contribution in [0.15, 0.2) is 28.9 Å². The van der Waals surface area contributed by atoms with Gasteiger partial charge in [-0.25, -0.2) is 0 Å². The van der Waals surface area contributed by atoms with Crippen LogP contribution in [-0.2, 0) is 0 Å². The summed E-state index contributed by atoms with van der Waals surface area (Å²) in [4.78, 5) is 4.24. The highest BCUT2D eigenvalue weighted by Gasteiger charge is 1.88. The van der Waals surface area contributed by atoms with Crippen molar-refractivity contribution in [2.24, 2.45) is 4.99 Å². The summed E-state index contributed by atoms with van der Waals surface area (Å²) in [5.41, 5.74) is 2.40. The molecule has 0 radical (unpaired) electrons. The smallest absolute Gasteiger partial charge is 0.0869 e. The van der Waals surface area contributed by atoms with Crippen molar-refractivity contribution in [3.8, 4) is 0 Å². The average Bonchev–Trinajstić information content (AvgIpc) is 2.22. The van der Waals surface area contributed by atoms with E-state index in [1.54, 1.807) is 6.34 Å². The molecule has 0 unspecified atom stereocenters. The maximum atomic E-state index is 4.24. The van der Waals surface area contributed by atoms with Crippen LogP contribution in [-0.4, -0.2) is 12.9 Å². The predicted octanol–water partition coefficient (Wildman–Crippen LogP) is 3.27. The van der Waals surface area contributed by atoms with Crippen molar-refractivity contribution in [1.82, 2.24) is 5.32 Å². The van der Waals surface area contributed by atoms with Gasteiger partial charge in [-0.3, -0.25) is 4.99 Å². The van der Waals surface area contributed by atoms with Crippen molar-refractivity contribution in [3.05, 3.63) is 23.9 Å². The Morgan fingerprint density at radius 2 is 2.00 bits per heavy atom. The molecule has 80 valence electrons. The molecule has 0 atom stereocenters. The van der Waals surface area contributed by atoms with Crippen LogP contribution in [0.2, 0.25) is 0 Å². The zero-order chi connectivity index (χ0) is 10.8. The molecule has 0 rings (SSSR count). The highest BCUT2D eigenvalue weighted by molar-refractivity contribution is 5.57. The molecule has 0 amide bonds. The number of hydrogen-bond acceptors (Lipinski definition) is 1. The molecular formula is C12H22N2. The summed E-state index contributed by atoms with van der Waals surface area (Å²) in [6.07, 6.45) is 7.04. The molecular weight excluding hydrogens is 172 g/mol. The lowest BCUT2D eigenvalue weighted by Gasteiger charge is -2.02. The highest BCUT2D eigenvalue weighted by atomic mass is 14.9. The Morgan fingerprint density at radius 3 is 2.50 bits per heavy atom. The molecule has 2 heteroatoms.